The van der Waals surface area contributed by atoms with Crippen LogP contribution < -0.4 is 5.69 Å². The number of aliphatic carboxylic acids is 1. The average Bonchev–Trinajstić information content (AvgIpc) is 2.87. The normalized spacial score (nSPS) is 12.3. The van der Waals surface area contributed by atoms with Crippen LogP contribution in [0.4, 0.5) is 0 Å². The Labute approximate surface area is 114 Å². The third-order valence-corrected chi connectivity index (χ3v) is 3.27. The summed E-state index contributed by atoms with van der Waals surface area (Å²) in [6.07, 6.45) is 3.07. The smallest absolute Gasteiger partial charge is 0.352 e. The van der Waals surface area contributed by atoms with Crippen molar-refractivity contribution in [3.05, 3.63) is 39.9 Å². The first kappa shape index (κ1) is 14.0. The van der Waals surface area contributed by atoms with Gasteiger partial charge >= 0.3 is 11.7 Å². The minimum absolute atomic E-state index is 0.311. The van der Waals surface area contributed by atoms with Gasteiger partial charge in [0.2, 0.25) is 0 Å². The summed E-state index contributed by atoms with van der Waals surface area (Å²) < 4.78 is 6.11. The average molecular weight is 277 g/mol. The first-order chi connectivity index (χ1) is 9.41. The molecule has 0 fully saturated rings. The first-order valence-electron chi connectivity index (χ1n) is 6.13. The second-order valence-corrected chi connectivity index (χ2v) is 4.71. The van der Waals surface area contributed by atoms with E-state index < -0.39 is 17.6 Å². The number of aryl methyl sites for hydroxylation is 1. The standard InChI is InChI=1S/C13H15N3O4/c1-7(12(17)18)4-11-8(2)15-13(19)16(9(11)3)10-5-14-20-6-10/h5-7H,4H2,1-3H3,(H,17,18). The highest BCUT2D eigenvalue weighted by Crippen LogP contribution is 2.17. The molecule has 0 aliphatic heterocycles. The van der Waals surface area contributed by atoms with Gasteiger partial charge in [-0.05, 0) is 25.8 Å². The Hall–Kier alpha value is -2.44. The Kier molecular flexibility index (Phi) is 3.69. The predicted octanol–water partition coefficient (Wildman–Crippen LogP) is 1.10. The van der Waals surface area contributed by atoms with Gasteiger partial charge in [-0.2, -0.15) is 4.98 Å². The zero-order valence-corrected chi connectivity index (χ0v) is 11.5. The van der Waals surface area contributed by atoms with Crippen LogP contribution in [-0.4, -0.2) is 25.8 Å². The Bertz CT molecular complexity index is 688. The van der Waals surface area contributed by atoms with Crippen molar-refractivity contribution in [3.63, 3.8) is 0 Å². The highest BCUT2D eigenvalue weighted by molar-refractivity contribution is 5.70. The molecule has 1 atom stereocenters. The Morgan fingerprint density at radius 2 is 2.20 bits per heavy atom. The van der Waals surface area contributed by atoms with Crippen LogP contribution in [0, 0.1) is 19.8 Å². The van der Waals surface area contributed by atoms with Crippen molar-refractivity contribution in [1.82, 2.24) is 14.7 Å². The molecule has 0 aliphatic carbocycles. The summed E-state index contributed by atoms with van der Waals surface area (Å²) in [5.41, 5.74) is 1.99. The highest BCUT2D eigenvalue weighted by Gasteiger charge is 2.19. The van der Waals surface area contributed by atoms with E-state index in [-0.39, 0.29) is 0 Å². The molecule has 20 heavy (non-hydrogen) atoms. The molecule has 1 N–H and O–H groups in total. The van der Waals surface area contributed by atoms with Crippen LogP contribution in [0.5, 0.6) is 0 Å². The molecule has 0 radical (unpaired) electrons. The number of carboxylic acids is 1. The fraction of sp³-hybridized carbons (Fsp3) is 0.385. The summed E-state index contributed by atoms with van der Waals surface area (Å²) in [6.45, 7) is 5.08. The fourth-order valence-corrected chi connectivity index (χ4v) is 2.10. The first-order valence-corrected chi connectivity index (χ1v) is 6.13. The lowest BCUT2D eigenvalue weighted by Gasteiger charge is -2.15. The quantitative estimate of drug-likeness (QED) is 0.898. The van der Waals surface area contributed by atoms with Crippen molar-refractivity contribution in [2.75, 3.05) is 0 Å². The molecule has 1 unspecified atom stereocenters. The lowest BCUT2D eigenvalue weighted by molar-refractivity contribution is -0.141. The van der Waals surface area contributed by atoms with Gasteiger partial charge in [0.15, 0.2) is 0 Å². The van der Waals surface area contributed by atoms with Gasteiger partial charge in [0.1, 0.15) is 12.0 Å². The molecule has 2 aromatic rings. The van der Waals surface area contributed by atoms with Crippen molar-refractivity contribution >= 4 is 5.97 Å². The molecule has 0 spiro atoms. The molecule has 2 heterocycles. The third kappa shape index (κ3) is 2.47. The van der Waals surface area contributed by atoms with Crippen molar-refractivity contribution in [2.45, 2.75) is 27.2 Å². The van der Waals surface area contributed by atoms with Crippen LogP contribution in [-0.2, 0) is 11.2 Å². The zero-order chi connectivity index (χ0) is 14.9. The summed E-state index contributed by atoms with van der Waals surface area (Å²) in [5, 5.41) is 12.6. The van der Waals surface area contributed by atoms with Crippen LogP contribution in [0.1, 0.15) is 23.9 Å². The molecule has 0 saturated carbocycles. The van der Waals surface area contributed by atoms with E-state index >= 15 is 0 Å². The second kappa shape index (κ2) is 5.28. The van der Waals surface area contributed by atoms with E-state index in [1.165, 1.54) is 17.0 Å². The largest absolute Gasteiger partial charge is 0.481 e. The fourth-order valence-electron chi connectivity index (χ4n) is 2.10. The van der Waals surface area contributed by atoms with Crippen LogP contribution >= 0.6 is 0 Å². The Morgan fingerprint density at radius 3 is 2.75 bits per heavy atom. The monoisotopic (exact) mass is 277 g/mol. The van der Waals surface area contributed by atoms with Crippen molar-refractivity contribution in [1.29, 1.82) is 0 Å². The maximum absolute atomic E-state index is 12.0. The minimum atomic E-state index is -0.883. The molecular weight excluding hydrogens is 262 g/mol. The SMILES string of the molecule is Cc1nc(=O)n(-c2cnoc2)c(C)c1CC(C)C(=O)O. The molecule has 0 aliphatic rings. The molecular formula is C13H15N3O4. The van der Waals surface area contributed by atoms with E-state index in [0.717, 1.165) is 5.56 Å². The number of aromatic nitrogens is 3. The van der Waals surface area contributed by atoms with E-state index in [9.17, 15) is 9.59 Å². The zero-order valence-electron chi connectivity index (χ0n) is 11.5. The molecule has 2 aromatic heterocycles. The van der Waals surface area contributed by atoms with E-state index in [4.69, 9.17) is 9.63 Å². The maximum Gasteiger partial charge on any atom is 0.352 e. The van der Waals surface area contributed by atoms with Crippen molar-refractivity contribution in [3.8, 4) is 5.69 Å². The van der Waals surface area contributed by atoms with Crippen molar-refractivity contribution in [2.24, 2.45) is 5.92 Å². The molecule has 7 heteroatoms. The van der Waals surface area contributed by atoms with E-state index in [1.807, 2.05) is 0 Å². The summed E-state index contributed by atoms with van der Waals surface area (Å²) in [4.78, 5) is 26.9. The van der Waals surface area contributed by atoms with Gasteiger partial charge in [-0.3, -0.25) is 9.36 Å². The van der Waals surface area contributed by atoms with Crippen LogP contribution in [0.25, 0.3) is 5.69 Å². The third-order valence-electron chi connectivity index (χ3n) is 3.27. The van der Waals surface area contributed by atoms with Gasteiger partial charge < -0.3 is 9.63 Å². The number of hydrogen-bond donors (Lipinski definition) is 1. The number of hydrogen-bond acceptors (Lipinski definition) is 5. The molecule has 2 rings (SSSR count). The van der Waals surface area contributed by atoms with E-state index in [2.05, 4.69) is 10.1 Å². The Balaban J connectivity index is 2.56. The minimum Gasteiger partial charge on any atom is -0.481 e. The van der Waals surface area contributed by atoms with Gasteiger partial charge in [0.05, 0.1) is 12.1 Å². The lowest BCUT2D eigenvalue weighted by atomic mass is 9.99. The van der Waals surface area contributed by atoms with Gasteiger partial charge in [-0.15, -0.1) is 0 Å². The Morgan fingerprint density at radius 1 is 1.50 bits per heavy atom. The van der Waals surface area contributed by atoms with E-state index in [0.29, 0.717) is 23.5 Å². The molecule has 7 nitrogen and oxygen atoms in total. The predicted molar refractivity (Wildman–Crippen MR) is 69.9 cm³/mol. The lowest BCUT2D eigenvalue weighted by Crippen LogP contribution is -2.27. The topological polar surface area (TPSA) is 98.2 Å². The van der Waals surface area contributed by atoms with Crippen LogP contribution in [0.15, 0.2) is 21.8 Å². The maximum atomic E-state index is 12.0. The molecule has 0 aromatic carbocycles. The molecule has 0 amide bonds. The van der Waals surface area contributed by atoms with Crippen LogP contribution in [0.2, 0.25) is 0 Å². The molecule has 106 valence electrons. The van der Waals surface area contributed by atoms with Gasteiger partial charge in [-0.1, -0.05) is 12.1 Å². The number of carbonyl (C=O) groups is 1. The summed E-state index contributed by atoms with van der Waals surface area (Å²) in [6, 6.07) is 0. The van der Waals surface area contributed by atoms with Gasteiger partial charge in [0, 0.05) is 11.4 Å². The van der Waals surface area contributed by atoms with Crippen molar-refractivity contribution < 1.29 is 14.4 Å². The highest BCUT2D eigenvalue weighted by atomic mass is 16.5. The number of rotatable bonds is 4. The molecule has 0 bridgehead atoms. The molecule has 0 saturated heterocycles. The summed E-state index contributed by atoms with van der Waals surface area (Å²) in [5.74, 6) is -1.44. The van der Waals surface area contributed by atoms with Gasteiger partial charge in [0.25, 0.3) is 0 Å². The van der Waals surface area contributed by atoms with Crippen LogP contribution in [0.3, 0.4) is 0 Å². The van der Waals surface area contributed by atoms with Gasteiger partial charge in [-0.25, -0.2) is 4.79 Å². The second-order valence-electron chi connectivity index (χ2n) is 4.71. The van der Waals surface area contributed by atoms with E-state index in [1.54, 1.807) is 20.8 Å². The number of nitrogens with zero attached hydrogens (tertiary/aromatic N) is 3. The summed E-state index contributed by atoms with van der Waals surface area (Å²) >= 11 is 0. The number of carboxylic acid groups (broad SMARTS) is 1. The summed E-state index contributed by atoms with van der Waals surface area (Å²) in [7, 11) is 0.